The minimum absolute atomic E-state index is 0.0190. The molecule has 116 valence electrons. The van der Waals surface area contributed by atoms with E-state index in [1.54, 1.807) is 17.3 Å². The summed E-state index contributed by atoms with van der Waals surface area (Å²) in [6, 6.07) is 11.3. The number of nitrogens with zero attached hydrogens (tertiary/aromatic N) is 3. The van der Waals surface area contributed by atoms with E-state index in [0.717, 1.165) is 16.7 Å². The predicted octanol–water partition coefficient (Wildman–Crippen LogP) is 3.60. The van der Waals surface area contributed by atoms with Crippen LogP contribution in [-0.4, -0.2) is 15.8 Å². The Morgan fingerprint density at radius 1 is 1.30 bits per heavy atom. The summed E-state index contributed by atoms with van der Waals surface area (Å²) in [4.78, 5) is 18.4. The molecule has 4 nitrogen and oxygen atoms in total. The summed E-state index contributed by atoms with van der Waals surface area (Å²) in [7, 11) is 0. The summed E-state index contributed by atoms with van der Waals surface area (Å²) in [5.41, 5.74) is 3.48. The van der Waals surface area contributed by atoms with Gasteiger partial charge >= 0.3 is 0 Å². The molecule has 1 atom stereocenters. The Morgan fingerprint density at radius 3 is 2.70 bits per heavy atom. The van der Waals surface area contributed by atoms with Crippen molar-refractivity contribution in [3.8, 4) is 6.07 Å². The van der Waals surface area contributed by atoms with Crippen LogP contribution in [0.15, 0.2) is 42.7 Å². The Morgan fingerprint density at radius 2 is 2.09 bits per heavy atom. The van der Waals surface area contributed by atoms with Gasteiger partial charge in [0.05, 0.1) is 6.07 Å². The molecule has 1 aromatic carbocycles. The van der Waals surface area contributed by atoms with Crippen molar-refractivity contribution in [1.29, 1.82) is 5.26 Å². The molecule has 0 bridgehead atoms. The number of carbonyl (C=O) groups excluding carboxylic acids is 1. The highest BCUT2D eigenvalue weighted by Crippen LogP contribution is 2.37. The van der Waals surface area contributed by atoms with Gasteiger partial charge < -0.3 is 4.90 Å². The minimum Gasteiger partial charge on any atom is -0.314 e. The first-order valence-electron chi connectivity index (χ1n) is 7.66. The third-order valence-electron chi connectivity index (χ3n) is 4.21. The molecule has 23 heavy (non-hydrogen) atoms. The molecule has 3 rings (SSSR count). The van der Waals surface area contributed by atoms with Gasteiger partial charge in [0, 0.05) is 30.1 Å². The van der Waals surface area contributed by atoms with Gasteiger partial charge in [0.1, 0.15) is 6.04 Å². The van der Waals surface area contributed by atoms with Crippen LogP contribution in [0.2, 0.25) is 0 Å². The van der Waals surface area contributed by atoms with Crippen molar-refractivity contribution in [2.24, 2.45) is 0 Å². The summed E-state index contributed by atoms with van der Waals surface area (Å²) in [6.07, 6.45) is 3.42. The van der Waals surface area contributed by atoms with Gasteiger partial charge in [-0.3, -0.25) is 9.78 Å². The lowest BCUT2D eigenvalue weighted by Crippen LogP contribution is -2.26. The Bertz CT molecular complexity index is 784. The highest BCUT2D eigenvalue weighted by molar-refractivity contribution is 5.99. The number of pyridine rings is 1. The van der Waals surface area contributed by atoms with Crippen LogP contribution in [0.5, 0.6) is 0 Å². The largest absolute Gasteiger partial charge is 0.314 e. The molecule has 0 saturated carbocycles. The molecule has 1 amide bonds. The second-order valence-electron chi connectivity index (χ2n) is 6.88. The van der Waals surface area contributed by atoms with Gasteiger partial charge in [0.25, 0.3) is 5.91 Å². The summed E-state index contributed by atoms with van der Waals surface area (Å²) < 4.78 is 0. The molecule has 1 unspecified atom stereocenters. The topological polar surface area (TPSA) is 57.0 Å². The average molecular weight is 305 g/mol. The third-order valence-corrected chi connectivity index (χ3v) is 4.21. The Balaban J connectivity index is 1.99. The SMILES string of the molecule is CC(C)(C)c1ccc2c(c1)C(C#N)N(Cc1cccnc1)C2=O. The monoisotopic (exact) mass is 305 g/mol. The van der Waals surface area contributed by atoms with E-state index in [1.807, 2.05) is 30.3 Å². The van der Waals surface area contributed by atoms with E-state index in [2.05, 4.69) is 31.8 Å². The number of hydrogen-bond acceptors (Lipinski definition) is 3. The van der Waals surface area contributed by atoms with Gasteiger partial charge in [0.2, 0.25) is 0 Å². The van der Waals surface area contributed by atoms with Gasteiger partial charge in [-0.25, -0.2) is 0 Å². The zero-order chi connectivity index (χ0) is 16.6. The second kappa shape index (κ2) is 5.51. The second-order valence-corrected chi connectivity index (χ2v) is 6.88. The van der Waals surface area contributed by atoms with Gasteiger partial charge in [-0.05, 0) is 28.7 Å². The van der Waals surface area contributed by atoms with Crippen LogP contribution in [-0.2, 0) is 12.0 Å². The van der Waals surface area contributed by atoms with E-state index in [-0.39, 0.29) is 11.3 Å². The molecule has 2 heterocycles. The molecule has 4 heteroatoms. The molecule has 0 radical (unpaired) electrons. The van der Waals surface area contributed by atoms with Crippen molar-refractivity contribution in [2.45, 2.75) is 38.8 Å². The fourth-order valence-corrected chi connectivity index (χ4v) is 2.88. The maximum atomic E-state index is 12.7. The predicted molar refractivity (Wildman–Crippen MR) is 87.6 cm³/mol. The Hall–Kier alpha value is -2.67. The van der Waals surface area contributed by atoms with Gasteiger partial charge in [-0.2, -0.15) is 5.26 Å². The van der Waals surface area contributed by atoms with Gasteiger partial charge in [0.15, 0.2) is 0 Å². The zero-order valence-electron chi connectivity index (χ0n) is 13.6. The molecule has 0 spiro atoms. The standard InChI is InChI=1S/C19H19N3O/c1-19(2,3)14-6-7-15-16(9-14)17(10-20)22(18(15)23)12-13-5-4-8-21-11-13/h4-9,11,17H,12H2,1-3H3. The molecule has 2 aromatic rings. The quantitative estimate of drug-likeness (QED) is 0.851. The van der Waals surface area contributed by atoms with Crippen LogP contribution >= 0.6 is 0 Å². The lowest BCUT2D eigenvalue weighted by molar-refractivity contribution is 0.0744. The van der Waals surface area contributed by atoms with Crippen molar-refractivity contribution < 1.29 is 4.79 Å². The van der Waals surface area contributed by atoms with Crippen LogP contribution < -0.4 is 0 Å². The number of nitriles is 1. The number of hydrogen-bond donors (Lipinski definition) is 0. The first kappa shape index (κ1) is 15.2. The molecule has 0 aliphatic carbocycles. The van der Waals surface area contributed by atoms with E-state index < -0.39 is 6.04 Å². The van der Waals surface area contributed by atoms with Crippen LogP contribution in [0.1, 0.15) is 53.9 Å². The van der Waals surface area contributed by atoms with Gasteiger partial charge in [-0.1, -0.05) is 39.0 Å². The highest BCUT2D eigenvalue weighted by Gasteiger charge is 2.37. The molecule has 1 aliphatic rings. The van der Waals surface area contributed by atoms with E-state index in [4.69, 9.17) is 0 Å². The summed E-state index contributed by atoms with van der Waals surface area (Å²) in [6.45, 7) is 6.77. The Labute approximate surface area is 136 Å². The molecule has 0 N–H and O–H groups in total. The summed E-state index contributed by atoms with van der Waals surface area (Å²) in [5, 5.41) is 9.61. The van der Waals surface area contributed by atoms with Crippen LogP contribution in [0.25, 0.3) is 0 Å². The van der Waals surface area contributed by atoms with Crippen molar-refractivity contribution in [3.05, 3.63) is 65.0 Å². The number of amides is 1. The van der Waals surface area contributed by atoms with E-state index >= 15 is 0 Å². The minimum atomic E-state index is -0.542. The van der Waals surface area contributed by atoms with Crippen molar-refractivity contribution in [1.82, 2.24) is 9.88 Å². The fraction of sp³-hybridized carbons (Fsp3) is 0.316. The fourth-order valence-electron chi connectivity index (χ4n) is 2.88. The Kier molecular flexibility index (Phi) is 3.65. The lowest BCUT2D eigenvalue weighted by atomic mass is 9.85. The van der Waals surface area contributed by atoms with Crippen LogP contribution in [0.3, 0.4) is 0 Å². The van der Waals surface area contributed by atoms with Crippen LogP contribution in [0, 0.1) is 11.3 Å². The smallest absolute Gasteiger partial charge is 0.255 e. The average Bonchev–Trinajstić information content (AvgIpc) is 2.79. The third kappa shape index (κ3) is 2.70. The molecule has 0 fully saturated rings. The lowest BCUT2D eigenvalue weighted by Gasteiger charge is -2.21. The van der Waals surface area contributed by atoms with Crippen molar-refractivity contribution >= 4 is 5.91 Å². The number of aromatic nitrogens is 1. The number of fused-ring (bicyclic) bond motifs is 1. The molecule has 1 aromatic heterocycles. The number of benzene rings is 1. The van der Waals surface area contributed by atoms with Gasteiger partial charge in [-0.15, -0.1) is 0 Å². The zero-order valence-corrected chi connectivity index (χ0v) is 13.6. The van der Waals surface area contributed by atoms with E-state index in [0.29, 0.717) is 12.1 Å². The van der Waals surface area contributed by atoms with Crippen LogP contribution in [0.4, 0.5) is 0 Å². The summed E-state index contributed by atoms with van der Waals surface area (Å²) in [5.74, 6) is -0.0872. The van der Waals surface area contributed by atoms with Crippen molar-refractivity contribution in [2.75, 3.05) is 0 Å². The first-order chi connectivity index (χ1) is 10.9. The summed E-state index contributed by atoms with van der Waals surface area (Å²) >= 11 is 0. The molecular formula is C19H19N3O. The van der Waals surface area contributed by atoms with E-state index in [9.17, 15) is 10.1 Å². The number of rotatable bonds is 2. The molecular weight excluding hydrogens is 286 g/mol. The first-order valence-corrected chi connectivity index (χ1v) is 7.66. The van der Waals surface area contributed by atoms with E-state index in [1.165, 1.54) is 0 Å². The molecule has 0 saturated heterocycles. The highest BCUT2D eigenvalue weighted by atomic mass is 16.2. The van der Waals surface area contributed by atoms with Crippen molar-refractivity contribution in [3.63, 3.8) is 0 Å². The number of carbonyl (C=O) groups is 1. The molecule has 1 aliphatic heterocycles. The maximum Gasteiger partial charge on any atom is 0.255 e. The normalized spacial score (nSPS) is 17.0. The maximum absolute atomic E-state index is 12.7.